The lowest BCUT2D eigenvalue weighted by molar-refractivity contribution is 0.0157. The normalized spacial score (nSPS) is 21.4. The molecule has 1 saturated heterocycles. The number of hydrogen-bond donors (Lipinski definition) is 1. The number of rotatable bonds is 1. The first-order valence-corrected chi connectivity index (χ1v) is 5.55. The number of anilines is 1. The average Bonchev–Trinajstić information content (AvgIpc) is 2.73. The van der Waals surface area contributed by atoms with Gasteiger partial charge in [0.25, 0.3) is 0 Å². The molecule has 3 heterocycles. The summed E-state index contributed by atoms with van der Waals surface area (Å²) >= 11 is 0. The van der Waals surface area contributed by atoms with Gasteiger partial charge < -0.3 is 10.5 Å². The highest BCUT2D eigenvalue weighted by Gasteiger charge is 2.20. The monoisotopic (exact) mass is 218 g/mol. The van der Waals surface area contributed by atoms with E-state index in [0.717, 1.165) is 30.7 Å². The molecule has 1 aliphatic heterocycles. The van der Waals surface area contributed by atoms with Crippen LogP contribution in [0.4, 0.5) is 5.69 Å². The van der Waals surface area contributed by atoms with Gasteiger partial charge in [-0.1, -0.05) is 0 Å². The molecule has 3 rings (SSSR count). The van der Waals surface area contributed by atoms with E-state index in [4.69, 9.17) is 10.5 Å². The Morgan fingerprint density at radius 2 is 2.31 bits per heavy atom. The lowest BCUT2D eigenvalue weighted by Gasteiger charge is -2.21. The molecule has 0 amide bonds. The summed E-state index contributed by atoms with van der Waals surface area (Å²) in [6.07, 6.45) is 8.80. The van der Waals surface area contributed by atoms with Crippen LogP contribution >= 0.6 is 0 Å². The molecular formula is C11H14N4O. The van der Waals surface area contributed by atoms with Crippen molar-refractivity contribution in [1.82, 2.24) is 14.6 Å². The minimum atomic E-state index is 0.141. The van der Waals surface area contributed by atoms with Gasteiger partial charge in [-0.05, 0) is 19.3 Å². The lowest BCUT2D eigenvalue weighted by atomic mass is 10.0. The minimum Gasteiger partial charge on any atom is -0.396 e. The molecule has 0 radical (unpaired) electrons. The zero-order valence-electron chi connectivity index (χ0n) is 8.97. The smallest absolute Gasteiger partial charge is 0.160 e. The van der Waals surface area contributed by atoms with Crippen LogP contribution in [0.1, 0.15) is 30.9 Å². The molecule has 1 aliphatic rings. The van der Waals surface area contributed by atoms with E-state index in [1.165, 1.54) is 6.42 Å². The van der Waals surface area contributed by atoms with Crippen molar-refractivity contribution >= 4 is 11.3 Å². The fourth-order valence-corrected chi connectivity index (χ4v) is 2.12. The lowest BCUT2D eigenvalue weighted by Crippen LogP contribution is -2.11. The summed E-state index contributed by atoms with van der Waals surface area (Å²) in [6.45, 7) is 0.830. The number of fused-ring (bicyclic) bond motifs is 1. The topological polar surface area (TPSA) is 65.4 Å². The standard InChI is InChI=1S/C11H14N4O/c12-8-5-13-11-9(6-14-15(11)7-8)10-3-1-2-4-16-10/h5-7,10H,1-4,12H2. The highest BCUT2D eigenvalue weighted by molar-refractivity contribution is 5.50. The van der Waals surface area contributed by atoms with E-state index in [0.29, 0.717) is 5.69 Å². The molecule has 16 heavy (non-hydrogen) atoms. The molecule has 0 saturated carbocycles. The van der Waals surface area contributed by atoms with Crippen LogP contribution in [0.15, 0.2) is 18.6 Å². The first-order chi connectivity index (χ1) is 7.84. The third-order valence-electron chi connectivity index (χ3n) is 2.93. The summed E-state index contributed by atoms with van der Waals surface area (Å²) in [6, 6.07) is 0. The van der Waals surface area contributed by atoms with Crippen molar-refractivity contribution < 1.29 is 4.74 Å². The molecule has 0 spiro atoms. The Morgan fingerprint density at radius 1 is 1.38 bits per heavy atom. The first kappa shape index (κ1) is 9.59. The summed E-state index contributed by atoms with van der Waals surface area (Å²) in [4.78, 5) is 4.31. The predicted octanol–water partition coefficient (Wildman–Crippen LogP) is 1.55. The fourth-order valence-electron chi connectivity index (χ4n) is 2.12. The summed E-state index contributed by atoms with van der Waals surface area (Å²) in [7, 11) is 0. The average molecular weight is 218 g/mol. The number of hydrogen-bond acceptors (Lipinski definition) is 4. The van der Waals surface area contributed by atoms with E-state index in [9.17, 15) is 0 Å². The number of ether oxygens (including phenoxy) is 1. The van der Waals surface area contributed by atoms with Gasteiger partial charge in [0.05, 0.1) is 30.4 Å². The molecule has 5 nitrogen and oxygen atoms in total. The molecule has 1 unspecified atom stereocenters. The van der Waals surface area contributed by atoms with Gasteiger partial charge >= 0.3 is 0 Å². The SMILES string of the molecule is Nc1cnc2c(C3CCCCO3)cnn2c1. The van der Waals surface area contributed by atoms with E-state index >= 15 is 0 Å². The maximum absolute atomic E-state index is 5.74. The summed E-state index contributed by atoms with van der Waals surface area (Å²) in [5, 5.41) is 4.25. The van der Waals surface area contributed by atoms with E-state index in [1.54, 1.807) is 16.9 Å². The van der Waals surface area contributed by atoms with Crippen LogP contribution in [0.25, 0.3) is 5.65 Å². The van der Waals surface area contributed by atoms with Gasteiger partial charge in [-0.3, -0.25) is 0 Å². The molecule has 84 valence electrons. The number of nitrogens with two attached hydrogens (primary N) is 1. The Labute approximate surface area is 93.2 Å². The van der Waals surface area contributed by atoms with Crippen LogP contribution < -0.4 is 5.73 Å². The summed E-state index contributed by atoms with van der Waals surface area (Å²) in [5.74, 6) is 0. The third-order valence-corrected chi connectivity index (χ3v) is 2.93. The van der Waals surface area contributed by atoms with Crippen LogP contribution in [0.2, 0.25) is 0 Å². The molecule has 0 bridgehead atoms. The largest absolute Gasteiger partial charge is 0.396 e. The molecular weight excluding hydrogens is 204 g/mol. The zero-order valence-corrected chi connectivity index (χ0v) is 8.97. The van der Waals surface area contributed by atoms with E-state index in [-0.39, 0.29) is 6.10 Å². The van der Waals surface area contributed by atoms with Crippen molar-refractivity contribution in [3.05, 3.63) is 24.2 Å². The van der Waals surface area contributed by atoms with Gasteiger partial charge in [0, 0.05) is 12.2 Å². The Kier molecular flexibility index (Phi) is 2.25. The predicted molar refractivity (Wildman–Crippen MR) is 59.9 cm³/mol. The van der Waals surface area contributed by atoms with Gasteiger partial charge in [-0.15, -0.1) is 0 Å². The van der Waals surface area contributed by atoms with Gasteiger partial charge in [-0.25, -0.2) is 9.50 Å². The highest BCUT2D eigenvalue weighted by atomic mass is 16.5. The van der Waals surface area contributed by atoms with Crippen molar-refractivity contribution in [2.24, 2.45) is 0 Å². The maximum atomic E-state index is 5.74. The quantitative estimate of drug-likeness (QED) is 0.788. The van der Waals surface area contributed by atoms with Crippen LogP contribution in [0.5, 0.6) is 0 Å². The Balaban J connectivity index is 2.03. The number of aromatic nitrogens is 3. The van der Waals surface area contributed by atoms with Crippen molar-refractivity contribution in [2.45, 2.75) is 25.4 Å². The highest BCUT2D eigenvalue weighted by Crippen LogP contribution is 2.29. The van der Waals surface area contributed by atoms with Crippen LogP contribution in [0.3, 0.4) is 0 Å². The summed E-state index contributed by atoms with van der Waals surface area (Å²) in [5.41, 5.74) is 8.19. The Bertz CT molecular complexity index is 502. The molecule has 0 aromatic carbocycles. The van der Waals surface area contributed by atoms with Crippen molar-refractivity contribution in [1.29, 1.82) is 0 Å². The fraction of sp³-hybridized carbons (Fsp3) is 0.455. The molecule has 1 fully saturated rings. The molecule has 2 aromatic rings. The van der Waals surface area contributed by atoms with Gasteiger partial charge in [0.2, 0.25) is 0 Å². The van der Waals surface area contributed by atoms with Crippen molar-refractivity contribution in [3.8, 4) is 0 Å². The third kappa shape index (κ3) is 1.53. The van der Waals surface area contributed by atoms with Gasteiger partial charge in [0.1, 0.15) is 0 Å². The van der Waals surface area contributed by atoms with Gasteiger partial charge in [-0.2, -0.15) is 5.10 Å². The van der Waals surface area contributed by atoms with E-state index in [2.05, 4.69) is 10.1 Å². The first-order valence-electron chi connectivity index (χ1n) is 5.55. The van der Waals surface area contributed by atoms with E-state index < -0.39 is 0 Å². The molecule has 1 atom stereocenters. The van der Waals surface area contributed by atoms with Crippen LogP contribution in [-0.4, -0.2) is 21.2 Å². The number of nitrogen functional groups attached to an aromatic ring is 1. The number of nitrogens with zero attached hydrogens (tertiary/aromatic N) is 3. The molecule has 5 heteroatoms. The zero-order chi connectivity index (χ0) is 11.0. The van der Waals surface area contributed by atoms with Crippen molar-refractivity contribution in [2.75, 3.05) is 12.3 Å². The molecule has 2 aromatic heterocycles. The Morgan fingerprint density at radius 3 is 3.12 bits per heavy atom. The molecule has 0 aliphatic carbocycles. The second kappa shape index (κ2) is 3.75. The van der Waals surface area contributed by atoms with E-state index in [1.807, 2.05) is 6.20 Å². The van der Waals surface area contributed by atoms with Crippen LogP contribution in [0, 0.1) is 0 Å². The molecule has 2 N–H and O–H groups in total. The van der Waals surface area contributed by atoms with Gasteiger partial charge in [0.15, 0.2) is 5.65 Å². The second-order valence-electron chi connectivity index (χ2n) is 4.11. The summed E-state index contributed by atoms with van der Waals surface area (Å²) < 4.78 is 7.45. The maximum Gasteiger partial charge on any atom is 0.160 e. The van der Waals surface area contributed by atoms with Crippen molar-refractivity contribution in [3.63, 3.8) is 0 Å². The van der Waals surface area contributed by atoms with Crippen LogP contribution in [-0.2, 0) is 4.74 Å². The Hall–Kier alpha value is -1.62. The minimum absolute atomic E-state index is 0.141. The second-order valence-corrected chi connectivity index (χ2v) is 4.11.